The lowest BCUT2D eigenvalue weighted by Gasteiger charge is -2.11. The standard InChI is InChI=1S/C25H22N2O5/c1-3-31-24(28)16-32-22-11-8-17(13-23(22)30-2)12-20(15-26)25(29)27-21-10-9-18-6-4-5-7-19(18)14-21/h4-14H,3,16H2,1-2H3,(H,27,29). The average molecular weight is 430 g/mol. The Balaban J connectivity index is 1.76. The van der Waals surface area contributed by atoms with Crippen LogP contribution < -0.4 is 14.8 Å². The molecule has 0 fully saturated rings. The molecule has 0 aliphatic carbocycles. The van der Waals surface area contributed by atoms with E-state index >= 15 is 0 Å². The summed E-state index contributed by atoms with van der Waals surface area (Å²) >= 11 is 0. The van der Waals surface area contributed by atoms with Gasteiger partial charge in [0.25, 0.3) is 5.91 Å². The third-order valence-electron chi connectivity index (χ3n) is 4.52. The number of nitriles is 1. The lowest BCUT2D eigenvalue weighted by atomic mass is 10.1. The average Bonchev–Trinajstić information content (AvgIpc) is 2.81. The number of nitrogens with one attached hydrogen (secondary N) is 1. The molecule has 0 saturated carbocycles. The molecule has 1 amide bonds. The van der Waals surface area contributed by atoms with Crippen molar-refractivity contribution in [3.05, 3.63) is 71.8 Å². The first-order chi connectivity index (χ1) is 15.5. The molecule has 0 aliphatic rings. The van der Waals surface area contributed by atoms with Crippen molar-refractivity contribution in [3.8, 4) is 17.6 Å². The third-order valence-corrected chi connectivity index (χ3v) is 4.52. The van der Waals surface area contributed by atoms with Crippen LogP contribution in [-0.4, -0.2) is 32.2 Å². The fourth-order valence-electron chi connectivity index (χ4n) is 3.01. The topological polar surface area (TPSA) is 97.7 Å². The maximum absolute atomic E-state index is 12.6. The number of amides is 1. The second kappa shape index (κ2) is 10.6. The van der Waals surface area contributed by atoms with Gasteiger partial charge in [0.05, 0.1) is 13.7 Å². The molecule has 0 unspecified atom stereocenters. The summed E-state index contributed by atoms with van der Waals surface area (Å²) in [5.41, 5.74) is 1.09. The van der Waals surface area contributed by atoms with Crippen LogP contribution in [0, 0.1) is 11.3 Å². The van der Waals surface area contributed by atoms with E-state index in [2.05, 4.69) is 5.32 Å². The fraction of sp³-hybridized carbons (Fsp3) is 0.160. The molecule has 0 aromatic heterocycles. The molecule has 7 nitrogen and oxygen atoms in total. The Bertz CT molecular complexity index is 1210. The summed E-state index contributed by atoms with van der Waals surface area (Å²) in [5, 5.41) is 14.3. The van der Waals surface area contributed by atoms with Crippen molar-refractivity contribution in [2.24, 2.45) is 0 Å². The lowest BCUT2D eigenvalue weighted by molar-refractivity contribution is -0.145. The first-order valence-corrected chi connectivity index (χ1v) is 9.92. The molecule has 0 radical (unpaired) electrons. The van der Waals surface area contributed by atoms with Crippen molar-refractivity contribution in [1.29, 1.82) is 5.26 Å². The van der Waals surface area contributed by atoms with Gasteiger partial charge in [-0.1, -0.05) is 36.4 Å². The van der Waals surface area contributed by atoms with E-state index in [9.17, 15) is 14.9 Å². The van der Waals surface area contributed by atoms with Crippen LogP contribution in [-0.2, 0) is 14.3 Å². The number of esters is 1. The monoisotopic (exact) mass is 430 g/mol. The molecule has 1 N–H and O–H groups in total. The normalized spacial score (nSPS) is 10.8. The summed E-state index contributed by atoms with van der Waals surface area (Å²) in [5.74, 6) is -0.313. The zero-order chi connectivity index (χ0) is 22.9. The van der Waals surface area contributed by atoms with Crippen LogP contribution >= 0.6 is 0 Å². The molecule has 3 aromatic carbocycles. The van der Waals surface area contributed by atoms with Gasteiger partial charge in [-0.15, -0.1) is 0 Å². The molecule has 162 valence electrons. The zero-order valence-electron chi connectivity index (χ0n) is 17.8. The molecule has 0 spiro atoms. The molecule has 3 rings (SSSR count). The van der Waals surface area contributed by atoms with Gasteiger partial charge in [-0.2, -0.15) is 5.26 Å². The summed E-state index contributed by atoms with van der Waals surface area (Å²) in [6.07, 6.45) is 1.45. The predicted octanol–water partition coefficient (Wildman–Crippen LogP) is 4.34. The van der Waals surface area contributed by atoms with E-state index < -0.39 is 11.9 Å². The second-order valence-electron chi connectivity index (χ2n) is 6.69. The molecular weight excluding hydrogens is 408 g/mol. The molecule has 7 heteroatoms. The molecule has 32 heavy (non-hydrogen) atoms. The highest BCUT2D eigenvalue weighted by atomic mass is 16.6. The maximum atomic E-state index is 12.6. The molecule has 0 heterocycles. The number of fused-ring (bicyclic) bond motifs is 1. The van der Waals surface area contributed by atoms with Crippen molar-refractivity contribution in [1.82, 2.24) is 0 Å². The van der Waals surface area contributed by atoms with Gasteiger partial charge in [-0.3, -0.25) is 4.79 Å². The molecule has 0 aliphatic heterocycles. The van der Waals surface area contributed by atoms with Gasteiger partial charge in [-0.25, -0.2) is 4.79 Å². The number of nitrogens with zero attached hydrogens (tertiary/aromatic N) is 1. The van der Waals surface area contributed by atoms with E-state index in [1.54, 1.807) is 31.2 Å². The van der Waals surface area contributed by atoms with Crippen LogP contribution in [0.1, 0.15) is 12.5 Å². The fourth-order valence-corrected chi connectivity index (χ4v) is 3.01. The van der Waals surface area contributed by atoms with Crippen molar-refractivity contribution in [2.45, 2.75) is 6.92 Å². The van der Waals surface area contributed by atoms with E-state index in [0.717, 1.165) is 10.8 Å². The van der Waals surface area contributed by atoms with Crippen LogP contribution in [0.15, 0.2) is 66.2 Å². The van der Waals surface area contributed by atoms with Gasteiger partial charge in [-0.05, 0) is 53.6 Å². The van der Waals surface area contributed by atoms with Crippen molar-refractivity contribution < 1.29 is 23.8 Å². The Hall–Kier alpha value is -4.31. The van der Waals surface area contributed by atoms with Gasteiger partial charge in [0, 0.05) is 5.69 Å². The van der Waals surface area contributed by atoms with Crippen LogP contribution in [0.2, 0.25) is 0 Å². The molecule has 0 atom stereocenters. The smallest absolute Gasteiger partial charge is 0.344 e. The Labute approximate surface area is 185 Å². The minimum absolute atomic E-state index is 0.0691. The molecule has 0 bridgehead atoms. The quantitative estimate of drug-likeness (QED) is 0.324. The van der Waals surface area contributed by atoms with Crippen LogP contribution in [0.3, 0.4) is 0 Å². The number of carbonyl (C=O) groups is 2. The third kappa shape index (κ3) is 5.64. The van der Waals surface area contributed by atoms with E-state index in [1.807, 2.05) is 42.5 Å². The summed E-state index contributed by atoms with van der Waals surface area (Å²) in [7, 11) is 1.46. The van der Waals surface area contributed by atoms with Gasteiger partial charge < -0.3 is 19.5 Å². The molecule has 3 aromatic rings. The van der Waals surface area contributed by atoms with Crippen LogP contribution in [0.25, 0.3) is 16.8 Å². The maximum Gasteiger partial charge on any atom is 0.344 e. The summed E-state index contributed by atoms with van der Waals surface area (Å²) in [6.45, 7) is 1.72. The number of benzene rings is 3. The van der Waals surface area contributed by atoms with E-state index in [4.69, 9.17) is 14.2 Å². The van der Waals surface area contributed by atoms with Crippen LogP contribution in [0.5, 0.6) is 11.5 Å². The van der Waals surface area contributed by atoms with Gasteiger partial charge >= 0.3 is 5.97 Å². The Morgan fingerprint density at radius 2 is 1.81 bits per heavy atom. The van der Waals surface area contributed by atoms with E-state index in [0.29, 0.717) is 22.7 Å². The number of rotatable bonds is 8. The van der Waals surface area contributed by atoms with E-state index in [-0.39, 0.29) is 18.8 Å². The minimum atomic E-state index is -0.524. The number of anilines is 1. The first-order valence-electron chi connectivity index (χ1n) is 9.92. The van der Waals surface area contributed by atoms with Crippen molar-refractivity contribution >= 4 is 34.4 Å². The predicted molar refractivity (Wildman–Crippen MR) is 121 cm³/mol. The highest BCUT2D eigenvalue weighted by Crippen LogP contribution is 2.29. The highest BCUT2D eigenvalue weighted by molar-refractivity contribution is 6.10. The Morgan fingerprint density at radius 1 is 1.03 bits per heavy atom. The van der Waals surface area contributed by atoms with Gasteiger partial charge in [0.1, 0.15) is 11.6 Å². The van der Waals surface area contributed by atoms with Crippen LogP contribution in [0.4, 0.5) is 5.69 Å². The number of carbonyl (C=O) groups excluding carboxylic acids is 2. The van der Waals surface area contributed by atoms with Gasteiger partial charge in [0.2, 0.25) is 0 Å². The zero-order valence-corrected chi connectivity index (χ0v) is 17.8. The Kier molecular flexibility index (Phi) is 7.44. The number of ether oxygens (including phenoxy) is 3. The summed E-state index contributed by atoms with van der Waals surface area (Å²) in [4.78, 5) is 24.1. The van der Waals surface area contributed by atoms with Gasteiger partial charge in [0.15, 0.2) is 18.1 Å². The molecular formula is C25H22N2O5. The summed E-state index contributed by atoms with van der Waals surface area (Å²) < 4.78 is 15.6. The summed E-state index contributed by atoms with van der Waals surface area (Å²) in [6, 6.07) is 20.1. The Morgan fingerprint density at radius 3 is 2.53 bits per heavy atom. The number of hydrogen-bond donors (Lipinski definition) is 1. The minimum Gasteiger partial charge on any atom is -0.493 e. The largest absolute Gasteiger partial charge is 0.493 e. The van der Waals surface area contributed by atoms with Crippen molar-refractivity contribution in [2.75, 3.05) is 25.6 Å². The lowest BCUT2D eigenvalue weighted by Crippen LogP contribution is -2.15. The molecule has 0 saturated heterocycles. The SMILES string of the molecule is CCOC(=O)COc1ccc(C=C(C#N)C(=O)Nc2ccc3ccccc3c2)cc1OC. The highest BCUT2D eigenvalue weighted by Gasteiger charge is 2.12. The van der Waals surface area contributed by atoms with E-state index in [1.165, 1.54) is 13.2 Å². The second-order valence-corrected chi connectivity index (χ2v) is 6.69. The van der Waals surface area contributed by atoms with Crippen molar-refractivity contribution in [3.63, 3.8) is 0 Å². The number of methoxy groups -OCH3 is 1. The number of hydrogen-bond acceptors (Lipinski definition) is 6. The first kappa shape index (κ1) is 22.4.